The van der Waals surface area contributed by atoms with Crippen LogP contribution in [0.3, 0.4) is 0 Å². The van der Waals surface area contributed by atoms with Gasteiger partial charge in [0.25, 0.3) is 0 Å². The van der Waals surface area contributed by atoms with E-state index >= 15 is 0 Å². The Morgan fingerprint density at radius 1 is 0.439 bits per heavy atom. The molecule has 0 aliphatic carbocycles. The van der Waals surface area contributed by atoms with E-state index in [0.29, 0.717) is 6.67 Å². The van der Waals surface area contributed by atoms with Gasteiger partial charge in [-0.2, -0.15) is 0 Å². The molecule has 7 aromatic carbocycles. The molecule has 5 nitrogen and oxygen atoms in total. The van der Waals surface area contributed by atoms with E-state index in [1.54, 1.807) is 0 Å². The molecular formula is C52H43N5. The predicted octanol–water partition coefficient (Wildman–Crippen LogP) is 14.2. The minimum absolute atomic E-state index is 0.109. The molecular weight excluding hydrogens is 695 g/mol. The highest BCUT2D eigenvalue weighted by atomic mass is 15.4. The van der Waals surface area contributed by atoms with E-state index in [1.165, 1.54) is 39.3 Å². The molecule has 3 heterocycles. The molecule has 0 spiro atoms. The Kier molecular flexibility index (Phi) is 8.37. The molecule has 276 valence electrons. The Morgan fingerprint density at radius 2 is 1.02 bits per heavy atom. The molecule has 10 rings (SSSR count). The average molecular weight is 738 g/mol. The Bertz CT molecular complexity index is 2720. The van der Waals surface area contributed by atoms with Gasteiger partial charge in [0.2, 0.25) is 0 Å². The topological polar surface area (TPSA) is 25.9 Å². The molecule has 0 saturated heterocycles. The van der Waals surface area contributed by atoms with E-state index in [1.807, 2.05) is 12.3 Å². The van der Waals surface area contributed by atoms with Gasteiger partial charge in [-0.3, -0.25) is 4.90 Å². The van der Waals surface area contributed by atoms with Crippen LogP contribution in [0.15, 0.2) is 194 Å². The van der Waals surface area contributed by atoms with Crippen LogP contribution in [-0.4, -0.2) is 11.7 Å². The summed E-state index contributed by atoms with van der Waals surface area (Å²) < 4.78 is 0. The molecule has 0 unspecified atom stereocenters. The molecule has 0 radical (unpaired) electrons. The minimum atomic E-state index is -0.109. The summed E-state index contributed by atoms with van der Waals surface area (Å²) in [5.41, 5.74) is 16.0. The maximum absolute atomic E-state index is 4.94. The summed E-state index contributed by atoms with van der Waals surface area (Å²) in [6.07, 6.45) is 1.88. The fourth-order valence-electron chi connectivity index (χ4n) is 8.38. The van der Waals surface area contributed by atoms with Gasteiger partial charge >= 0.3 is 0 Å². The lowest BCUT2D eigenvalue weighted by molar-refractivity contribution is 0.590. The van der Waals surface area contributed by atoms with Crippen LogP contribution in [0.5, 0.6) is 0 Å². The number of benzene rings is 7. The highest BCUT2D eigenvalue weighted by Gasteiger charge is 2.31. The van der Waals surface area contributed by atoms with Crippen molar-refractivity contribution in [1.82, 2.24) is 4.98 Å². The molecule has 0 fully saturated rings. The van der Waals surface area contributed by atoms with E-state index in [9.17, 15) is 0 Å². The van der Waals surface area contributed by atoms with Crippen LogP contribution in [0.2, 0.25) is 0 Å². The van der Waals surface area contributed by atoms with Gasteiger partial charge in [-0.25, -0.2) is 4.98 Å². The van der Waals surface area contributed by atoms with Crippen molar-refractivity contribution in [3.63, 3.8) is 0 Å². The highest BCUT2D eigenvalue weighted by Crippen LogP contribution is 2.53. The third kappa shape index (κ3) is 6.09. The van der Waals surface area contributed by atoms with Crippen molar-refractivity contribution in [3.8, 4) is 22.3 Å². The van der Waals surface area contributed by atoms with E-state index in [-0.39, 0.29) is 5.41 Å². The van der Waals surface area contributed by atoms with Gasteiger partial charge in [-0.05, 0) is 107 Å². The number of rotatable bonds is 6. The average Bonchev–Trinajstić information content (AvgIpc) is 3.59. The fraction of sp³-hybridized carbons (Fsp3) is 0.0962. The van der Waals surface area contributed by atoms with Crippen LogP contribution in [0.25, 0.3) is 22.3 Å². The first-order valence-corrected chi connectivity index (χ1v) is 19.7. The summed E-state index contributed by atoms with van der Waals surface area (Å²) in [7, 11) is 0. The van der Waals surface area contributed by atoms with Gasteiger partial charge in [-0.15, -0.1) is 0 Å². The normalized spacial score (nSPS) is 13.0. The number of hydrogen-bond acceptors (Lipinski definition) is 5. The van der Waals surface area contributed by atoms with Crippen LogP contribution >= 0.6 is 0 Å². The lowest BCUT2D eigenvalue weighted by atomic mass is 9.86. The van der Waals surface area contributed by atoms with Gasteiger partial charge < -0.3 is 14.7 Å². The van der Waals surface area contributed by atoms with Crippen molar-refractivity contribution >= 4 is 57.0 Å². The molecule has 2 aliphatic rings. The first-order chi connectivity index (χ1) is 27.9. The zero-order chi connectivity index (χ0) is 38.5. The summed E-state index contributed by atoms with van der Waals surface area (Å²) in [4.78, 5) is 14.5. The second kappa shape index (κ2) is 13.9. The third-order valence-corrected chi connectivity index (χ3v) is 11.2. The number of fused-ring (bicyclic) bond motifs is 6. The maximum Gasteiger partial charge on any atom is 0.137 e. The number of hydrogen-bond donors (Lipinski definition) is 0. The Morgan fingerprint density at radius 3 is 1.68 bits per heavy atom. The van der Waals surface area contributed by atoms with Crippen LogP contribution < -0.4 is 19.6 Å². The molecule has 0 amide bonds. The second-order valence-corrected chi connectivity index (χ2v) is 15.8. The van der Waals surface area contributed by atoms with Crippen LogP contribution in [0, 0.1) is 0 Å². The molecule has 2 aliphatic heterocycles. The fourth-order valence-corrected chi connectivity index (χ4v) is 8.38. The summed E-state index contributed by atoms with van der Waals surface area (Å²) in [5, 5.41) is 0. The zero-order valence-corrected chi connectivity index (χ0v) is 32.4. The van der Waals surface area contributed by atoms with Crippen molar-refractivity contribution in [2.45, 2.75) is 26.2 Å². The Labute approximate surface area is 335 Å². The number of pyridine rings is 1. The number of aromatic nitrogens is 1. The molecule has 0 bridgehead atoms. The number of anilines is 10. The summed E-state index contributed by atoms with van der Waals surface area (Å²) in [5.74, 6) is 0.870. The number of para-hydroxylation sites is 5. The Balaban J connectivity index is 1.19. The van der Waals surface area contributed by atoms with E-state index in [2.05, 4.69) is 222 Å². The standard InChI is InChI=1S/C52H43N5/c1-52(2,3)37-32-41(55-36-54(38-18-6-4-7-19-38)48-26-14-15-27-49(48)55)34-42(33-37)56(39-20-8-5-9-21-39)40-29-30-46-44-23-11-10-22-43(44)45-24-12-13-25-47(45)57(50(46)35-40)51-28-16-17-31-53-51/h4-35H,36H2,1-3H3. The van der Waals surface area contributed by atoms with Crippen molar-refractivity contribution in [2.75, 3.05) is 26.3 Å². The maximum atomic E-state index is 4.94. The summed E-state index contributed by atoms with van der Waals surface area (Å²) in [6.45, 7) is 7.62. The predicted molar refractivity (Wildman–Crippen MR) is 239 cm³/mol. The second-order valence-electron chi connectivity index (χ2n) is 15.8. The van der Waals surface area contributed by atoms with Gasteiger partial charge in [-0.1, -0.05) is 124 Å². The lowest BCUT2D eigenvalue weighted by Gasteiger charge is -2.32. The summed E-state index contributed by atoms with van der Waals surface area (Å²) >= 11 is 0. The van der Waals surface area contributed by atoms with Gasteiger partial charge in [0.05, 0.1) is 22.7 Å². The van der Waals surface area contributed by atoms with E-state index in [0.717, 1.165) is 45.5 Å². The van der Waals surface area contributed by atoms with Gasteiger partial charge in [0, 0.05) is 45.8 Å². The van der Waals surface area contributed by atoms with Crippen LogP contribution in [0.1, 0.15) is 26.3 Å². The smallest absolute Gasteiger partial charge is 0.137 e. The van der Waals surface area contributed by atoms with Crippen molar-refractivity contribution in [3.05, 3.63) is 200 Å². The van der Waals surface area contributed by atoms with Crippen molar-refractivity contribution < 1.29 is 0 Å². The summed E-state index contributed by atoms with van der Waals surface area (Å²) in [6, 6.07) is 67.8. The monoisotopic (exact) mass is 737 g/mol. The quantitative estimate of drug-likeness (QED) is 0.169. The van der Waals surface area contributed by atoms with E-state index < -0.39 is 0 Å². The zero-order valence-electron chi connectivity index (χ0n) is 32.4. The highest BCUT2D eigenvalue weighted by molar-refractivity contribution is 6.03. The minimum Gasteiger partial charge on any atom is -0.321 e. The number of nitrogens with zero attached hydrogens (tertiary/aromatic N) is 5. The molecule has 0 N–H and O–H groups in total. The molecule has 57 heavy (non-hydrogen) atoms. The molecule has 0 saturated carbocycles. The lowest BCUT2D eigenvalue weighted by Crippen LogP contribution is -2.25. The molecule has 1 aromatic heterocycles. The third-order valence-electron chi connectivity index (χ3n) is 11.2. The van der Waals surface area contributed by atoms with Gasteiger partial charge in [0.1, 0.15) is 12.5 Å². The van der Waals surface area contributed by atoms with E-state index in [4.69, 9.17) is 4.98 Å². The first-order valence-electron chi connectivity index (χ1n) is 19.7. The molecule has 0 atom stereocenters. The van der Waals surface area contributed by atoms with Crippen LogP contribution in [0.4, 0.5) is 57.0 Å². The first kappa shape index (κ1) is 34.4. The van der Waals surface area contributed by atoms with Gasteiger partial charge in [0.15, 0.2) is 0 Å². The molecule has 8 aromatic rings. The SMILES string of the molecule is CC(C)(C)c1cc(N2CN(c3ccccc3)c3ccccc32)cc(N(c2ccccc2)c2ccc3c(c2)N(c2ccccn2)c2ccccc2-c2ccccc2-3)c1. The largest absolute Gasteiger partial charge is 0.321 e. The molecule has 5 heteroatoms. The van der Waals surface area contributed by atoms with Crippen LogP contribution in [-0.2, 0) is 5.41 Å². The van der Waals surface area contributed by atoms with Crippen molar-refractivity contribution in [2.24, 2.45) is 0 Å². The van der Waals surface area contributed by atoms with Crippen molar-refractivity contribution in [1.29, 1.82) is 0 Å². The Hall–Kier alpha value is -7.11.